The zero-order valence-electron chi connectivity index (χ0n) is 13.8. The van der Waals surface area contributed by atoms with Gasteiger partial charge in [-0.25, -0.2) is 9.67 Å². The van der Waals surface area contributed by atoms with E-state index in [-0.39, 0.29) is 0 Å². The molecule has 0 radical (unpaired) electrons. The van der Waals surface area contributed by atoms with Crippen molar-refractivity contribution in [3.05, 3.63) is 22.9 Å². The van der Waals surface area contributed by atoms with E-state index >= 15 is 0 Å². The van der Waals surface area contributed by atoms with Gasteiger partial charge in [0, 0.05) is 19.2 Å². The van der Waals surface area contributed by atoms with E-state index < -0.39 is 0 Å². The van der Waals surface area contributed by atoms with Gasteiger partial charge in [0.2, 0.25) is 5.82 Å². The molecule has 0 saturated heterocycles. The molecule has 1 aliphatic heterocycles. The summed E-state index contributed by atoms with van der Waals surface area (Å²) in [5.74, 6) is 2.35. The van der Waals surface area contributed by atoms with E-state index in [0.29, 0.717) is 11.6 Å². The Kier molecular flexibility index (Phi) is 3.31. The van der Waals surface area contributed by atoms with Crippen molar-refractivity contribution in [2.75, 3.05) is 12.1 Å². The van der Waals surface area contributed by atoms with Gasteiger partial charge < -0.3 is 0 Å². The van der Waals surface area contributed by atoms with Crippen LogP contribution in [0.2, 0.25) is 0 Å². The molecule has 1 aliphatic rings. The van der Waals surface area contributed by atoms with Crippen LogP contribution in [0.15, 0.2) is 10.2 Å². The van der Waals surface area contributed by atoms with Crippen LogP contribution in [0, 0.1) is 20.8 Å². The number of hydrazone groups is 1. The second-order valence-electron chi connectivity index (χ2n) is 5.38. The van der Waals surface area contributed by atoms with Gasteiger partial charge in [0.15, 0.2) is 11.5 Å². The van der Waals surface area contributed by atoms with E-state index in [9.17, 15) is 0 Å². The van der Waals surface area contributed by atoms with Gasteiger partial charge in [-0.15, -0.1) is 9.89 Å². The zero-order chi connectivity index (χ0) is 16.0. The van der Waals surface area contributed by atoms with E-state index in [2.05, 4.69) is 34.1 Å². The van der Waals surface area contributed by atoms with E-state index in [1.807, 2.05) is 37.5 Å². The molecular weight excluding hydrogens is 280 g/mol. The van der Waals surface area contributed by atoms with Crippen LogP contribution in [0.5, 0.6) is 0 Å². The van der Waals surface area contributed by atoms with Crippen molar-refractivity contribution in [2.45, 2.75) is 41.2 Å². The number of nitrogens with zero attached hydrogens (tertiary/aromatic N) is 8. The lowest BCUT2D eigenvalue weighted by atomic mass is 10.2. The van der Waals surface area contributed by atoms with Gasteiger partial charge in [0.1, 0.15) is 5.82 Å². The summed E-state index contributed by atoms with van der Waals surface area (Å²) in [5, 5.41) is 19.7. The molecule has 0 spiro atoms. The van der Waals surface area contributed by atoms with Crippen LogP contribution in [-0.2, 0) is 6.54 Å². The number of aromatic nitrogens is 5. The van der Waals surface area contributed by atoms with Crippen LogP contribution in [0.4, 0.5) is 5.82 Å². The van der Waals surface area contributed by atoms with Crippen LogP contribution in [0.25, 0.3) is 0 Å². The summed E-state index contributed by atoms with van der Waals surface area (Å²) in [4.78, 5) is 5.93. The molecule has 0 fully saturated rings. The Morgan fingerprint density at radius 1 is 1.14 bits per heavy atom. The Hall–Kier alpha value is -2.51. The maximum atomic E-state index is 4.70. The number of hydrogen-bond acceptors (Lipinski definition) is 6. The summed E-state index contributed by atoms with van der Waals surface area (Å²) in [6.45, 7) is 10.7. The van der Waals surface area contributed by atoms with E-state index in [1.54, 1.807) is 0 Å². The first-order chi connectivity index (χ1) is 10.4. The molecule has 2 aromatic heterocycles. The Morgan fingerprint density at radius 3 is 2.55 bits per heavy atom. The normalized spacial score (nSPS) is 15.4. The minimum atomic E-state index is 0.679. The maximum absolute atomic E-state index is 4.70. The third kappa shape index (κ3) is 2.11. The van der Waals surface area contributed by atoms with Crippen LogP contribution in [0.3, 0.4) is 0 Å². The minimum absolute atomic E-state index is 0.679. The number of fused-ring (bicyclic) bond motifs is 1. The molecule has 116 valence electrons. The molecule has 0 unspecified atom stereocenters. The molecule has 0 atom stereocenters. The molecule has 8 heteroatoms. The van der Waals surface area contributed by atoms with Crippen molar-refractivity contribution in [1.82, 2.24) is 24.7 Å². The highest BCUT2D eigenvalue weighted by Gasteiger charge is 2.25. The van der Waals surface area contributed by atoms with Gasteiger partial charge in [0.05, 0.1) is 11.4 Å². The molecular formula is C14H20N8. The van der Waals surface area contributed by atoms with Crippen molar-refractivity contribution in [3.8, 4) is 0 Å². The minimum Gasteiger partial charge on any atom is -0.250 e. The van der Waals surface area contributed by atoms with Crippen molar-refractivity contribution in [2.24, 2.45) is 10.2 Å². The summed E-state index contributed by atoms with van der Waals surface area (Å²) in [6.07, 6.45) is 0. The monoisotopic (exact) mass is 300 g/mol. The van der Waals surface area contributed by atoms with Gasteiger partial charge in [-0.3, -0.25) is 5.01 Å². The SMILES string of the molecule is CCn1nc(C)c(C)c1N(C)/N=C1\C(C)=Nn2nc(C)nc21. The molecule has 0 N–H and O–H groups in total. The molecule has 2 aromatic rings. The topological polar surface area (TPSA) is 76.5 Å². The number of aryl methyl sites for hydroxylation is 3. The van der Waals surface area contributed by atoms with Crippen molar-refractivity contribution in [3.63, 3.8) is 0 Å². The van der Waals surface area contributed by atoms with Gasteiger partial charge >= 0.3 is 0 Å². The van der Waals surface area contributed by atoms with Crippen LogP contribution >= 0.6 is 0 Å². The number of rotatable bonds is 3. The van der Waals surface area contributed by atoms with E-state index in [0.717, 1.165) is 35.0 Å². The molecule has 0 aliphatic carbocycles. The fourth-order valence-electron chi connectivity index (χ4n) is 2.58. The second kappa shape index (κ2) is 5.04. The highest BCUT2D eigenvalue weighted by Crippen LogP contribution is 2.23. The van der Waals surface area contributed by atoms with Gasteiger partial charge in [-0.05, 0) is 34.6 Å². The average molecular weight is 300 g/mol. The van der Waals surface area contributed by atoms with Gasteiger partial charge in [-0.2, -0.15) is 15.3 Å². The molecule has 22 heavy (non-hydrogen) atoms. The smallest absolute Gasteiger partial charge is 0.205 e. The number of anilines is 1. The van der Waals surface area contributed by atoms with Crippen LogP contribution < -0.4 is 5.01 Å². The van der Waals surface area contributed by atoms with Crippen molar-refractivity contribution >= 4 is 17.2 Å². The highest BCUT2D eigenvalue weighted by molar-refractivity contribution is 6.48. The standard InChI is InChI=1S/C14H20N8/c1-7-21-14(8(2)9(3)16-21)20(6)19-12-10(4)17-22-13(12)15-11(5)18-22/h7H2,1-6H3/b19-12+. The molecule has 0 aromatic carbocycles. The quantitative estimate of drug-likeness (QED) is 0.805. The Morgan fingerprint density at radius 2 is 1.86 bits per heavy atom. The Balaban J connectivity index is 2.04. The van der Waals surface area contributed by atoms with Crippen molar-refractivity contribution in [1.29, 1.82) is 0 Å². The lowest BCUT2D eigenvalue weighted by molar-refractivity contribution is 0.644. The summed E-state index contributed by atoms with van der Waals surface area (Å²) >= 11 is 0. The average Bonchev–Trinajstić information content (AvgIpc) is 3.04. The third-order valence-electron chi connectivity index (χ3n) is 3.75. The molecule has 0 bridgehead atoms. The van der Waals surface area contributed by atoms with Crippen LogP contribution in [0.1, 0.15) is 36.8 Å². The van der Waals surface area contributed by atoms with E-state index in [1.165, 1.54) is 4.79 Å². The van der Waals surface area contributed by atoms with Gasteiger partial charge in [0.25, 0.3) is 0 Å². The zero-order valence-corrected chi connectivity index (χ0v) is 13.8. The van der Waals surface area contributed by atoms with Gasteiger partial charge in [-0.1, -0.05) is 0 Å². The van der Waals surface area contributed by atoms with E-state index in [4.69, 9.17) is 5.10 Å². The lowest BCUT2D eigenvalue weighted by Gasteiger charge is -2.16. The molecule has 3 rings (SSSR count). The molecule has 8 nitrogen and oxygen atoms in total. The first-order valence-corrected chi connectivity index (χ1v) is 7.28. The maximum Gasteiger partial charge on any atom is 0.205 e. The summed E-state index contributed by atoms with van der Waals surface area (Å²) < 4.78 is 1.95. The largest absolute Gasteiger partial charge is 0.250 e. The first kappa shape index (κ1) is 14.4. The lowest BCUT2D eigenvalue weighted by Crippen LogP contribution is -2.21. The predicted molar refractivity (Wildman–Crippen MR) is 85.6 cm³/mol. The van der Waals surface area contributed by atoms with Crippen molar-refractivity contribution < 1.29 is 0 Å². The molecule has 3 heterocycles. The molecule has 0 amide bonds. The molecule has 0 saturated carbocycles. The summed E-state index contributed by atoms with van der Waals surface area (Å²) in [5.41, 5.74) is 3.68. The highest BCUT2D eigenvalue weighted by atomic mass is 15.6. The Labute approximate surface area is 129 Å². The first-order valence-electron chi connectivity index (χ1n) is 7.28. The predicted octanol–water partition coefficient (Wildman–Crippen LogP) is 1.50. The fraction of sp³-hybridized carbons (Fsp3) is 0.500. The second-order valence-corrected chi connectivity index (χ2v) is 5.38. The number of hydrogen-bond donors (Lipinski definition) is 0. The van der Waals surface area contributed by atoms with Crippen LogP contribution in [-0.4, -0.2) is 43.1 Å². The Bertz CT molecular complexity index is 792. The summed E-state index contributed by atoms with van der Waals surface area (Å²) in [6, 6.07) is 0. The fourth-order valence-corrected chi connectivity index (χ4v) is 2.58. The third-order valence-corrected chi connectivity index (χ3v) is 3.75. The summed E-state index contributed by atoms with van der Waals surface area (Å²) in [7, 11) is 1.92.